The Balaban J connectivity index is 1.63. The molecule has 0 bridgehead atoms. The van der Waals surface area contributed by atoms with Crippen molar-refractivity contribution in [2.24, 2.45) is 0 Å². The molecule has 0 saturated heterocycles. The van der Waals surface area contributed by atoms with Gasteiger partial charge in [0.2, 0.25) is 5.75 Å². The molecule has 0 saturated carbocycles. The normalized spacial score (nSPS) is 10.6. The molecule has 0 aromatic heterocycles. The summed E-state index contributed by atoms with van der Waals surface area (Å²) in [6.45, 7) is 0. The van der Waals surface area contributed by atoms with Crippen LogP contribution < -0.4 is 37.9 Å². The molecule has 228 valence electrons. The molecule has 8 heteroatoms. The van der Waals surface area contributed by atoms with E-state index < -0.39 is 0 Å². The second-order valence-electron chi connectivity index (χ2n) is 9.79. The van der Waals surface area contributed by atoms with Gasteiger partial charge in [-0.05, 0) is 90.4 Å². The van der Waals surface area contributed by atoms with Crippen LogP contribution >= 0.6 is 0 Å². The van der Waals surface area contributed by atoms with Crippen LogP contribution in [0.15, 0.2) is 66.7 Å². The van der Waals surface area contributed by atoms with Crippen molar-refractivity contribution in [1.82, 2.24) is 0 Å². The van der Waals surface area contributed by atoms with Crippen LogP contribution in [0.5, 0.6) is 51.7 Å². The number of hydrogen-bond acceptors (Lipinski definition) is 8. The molecule has 0 unspecified atom stereocenters. The maximum atomic E-state index is 6.51. The van der Waals surface area contributed by atoms with E-state index in [0.29, 0.717) is 40.2 Å². The molecule has 0 heterocycles. The van der Waals surface area contributed by atoms with Crippen LogP contribution in [0.3, 0.4) is 0 Å². The summed E-state index contributed by atoms with van der Waals surface area (Å²) in [5, 5.41) is 0. The summed E-state index contributed by atoms with van der Waals surface area (Å²) in [4.78, 5) is 0. The third-order valence-corrected chi connectivity index (χ3v) is 7.26. The van der Waals surface area contributed by atoms with Crippen LogP contribution in [0.1, 0.15) is 22.3 Å². The molecule has 0 amide bonds. The molecule has 0 atom stereocenters. The third-order valence-electron chi connectivity index (χ3n) is 7.26. The number of hydrogen-bond donors (Lipinski definition) is 0. The molecule has 0 aliphatic carbocycles. The van der Waals surface area contributed by atoms with Crippen molar-refractivity contribution >= 4 is 0 Å². The number of benzene rings is 4. The first-order chi connectivity index (χ1) is 21.0. The predicted molar refractivity (Wildman–Crippen MR) is 167 cm³/mol. The summed E-state index contributed by atoms with van der Waals surface area (Å²) in [5.74, 6) is 5.62. The number of ether oxygens (including phenoxy) is 8. The highest BCUT2D eigenvalue weighted by molar-refractivity contribution is 5.58. The third kappa shape index (κ3) is 7.57. The Hall–Kier alpha value is -4.72. The summed E-state index contributed by atoms with van der Waals surface area (Å²) >= 11 is 0. The largest absolute Gasteiger partial charge is 0.497 e. The molecular weight excluding hydrogens is 548 g/mol. The van der Waals surface area contributed by atoms with Crippen LogP contribution in [0, 0.1) is 0 Å². The van der Waals surface area contributed by atoms with Crippen molar-refractivity contribution in [3.63, 3.8) is 0 Å². The minimum atomic E-state index is 0.494. The average molecular weight is 589 g/mol. The summed E-state index contributed by atoms with van der Waals surface area (Å²) in [6, 6.07) is 21.7. The fourth-order valence-electron chi connectivity index (χ4n) is 4.96. The molecular formula is C35H40O8. The fraction of sp³-hybridized carbons (Fsp3) is 0.314. The molecule has 4 aromatic carbocycles. The average Bonchev–Trinajstić information content (AvgIpc) is 3.05. The maximum absolute atomic E-state index is 6.51. The van der Waals surface area contributed by atoms with Crippen molar-refractivity contribution in [3.8, 4) is 51.7 Å². The lowest BCUT2D eigenvalue weighted by Crippen LogP contribution is -2.01. The topological polar surface area (TPSA) is 73.8 Å². The van der Waals surface area contributed by atoms with E-state index in [0.717, 1.165) is 59.4 Å². The molecule has 0 radical (unpaired) electrons. The van der Waals surface area contributed by atoms with Gasteiger partial charge in [0.25, 0.3) is 0 Å². The maximum Gasteiger partial charge on any atom is 0.203 e. The summed E-state index contributed by atoms with van der Waals surface area (Å²) in [7, 11) is 11.4. The van der Waals surface area contributed by atoms with Crippen molar-refractivity contribution in [2.75, 3.05) is 49.8 Å². The van der Waals surface area contributed by atoms with Gasteiger partial charge in [0.15, 0.2) is 34.5 Å². The van der Waals surface area contributed by atoms with Gasteiger partial charge in [-0.25, -0.2) is 0 Å². The number of aryl methyl sites for hydroxylation is 4. The van der Waals surface area contributed by atoms with E-state index in [1.807, 2.05) is 60.7 Å². The van der Waals surface area contributed by atoms with E-state index in [-0.39, 0.29) is 0 Å². The molecule has 0 aliphatic rings. The van der Waals surface area contributed by atoms with Crippen LogP contribution in [-0.4, -0.2) is 49.8 Å². The van der Waals surface area contributed by atoms with Gasteiger partial charge >= 0.3 is 0 Å². The van der Waals surface area contributed by atoms with Gasteiger partial charge in [-0.2, -0.15) is 0 Å². The second-order valence-corrected chi connectivity index (χ2v) is 9.79. The smallest absolute Gasteiger partial charge is 0.203 e. The Labute approximate surface area is 254 Å². The Morgan fingerprint density at radius 2 is 1.00 bits per heavy atom. The predicted octanol–water partition coefficient (Wildman–Crippen LogP) is 7.11. The highest BCUT2D eigenvalue weighted by Gasteiger charge is 2.19. The zero-order valence-electron chi connectivity index (χ0n) is 25.9. The first-order valence-electron chi connectivity index (χ1n) is 14.0. The van der Waals surface area contributed by atoms with E-state index in [2.05, 4.69) is 6.07 Å². The Kier molecular flexibility index (Phi) is 10.9. The first-order valence-corrected chi connectivity index (χ1v) is 14.0. The van der Waals surface area contributed by atoms with Gasteiger partial charge in [-0.1, -0.05) is 18.2 Å². The van der Waals surface area contributed by atoms with Gasteiger partial charge in [0, 0.05) is 6.07 Å². The SMILES string of the molecule is COc1cccc(CCc2cc(Oc3cc(CCc4ccc(OC)c(OC)c4)cc(OC)c3OC)c(OC)cc2OC)c1. The number of rotatable bonds is 15. The quantitative estimate of drug-likeness (QED) is 0.146. The van der Waals surface area contributed by atoms with Gasteiger partial charge < -0.3 is 37.9 Å². The zero-order valence-corrected chi connectivity index (χ0v) is 25.9. The lowest BCUT2D eigenvalue weighted by Gasteiger charge is -2.19. The Morgan fingerprint density at radius 1 is 0.395 bits per heavy atom. The van der Waals surface area contributed by atoms with E-state index in [1.165, 1.54) is 0 Å². The minimum Gasteiger partial charge on any atom is -0.497 e. The second kappa shape index (κ2) is 15.0. The van der Waals surface area contributed by atoms with E-state index in [4.69, 9.17) is 37.9 Å². The Morgan fingerprint density at radius 3 is 1.67 bits per heavy atom. The molecule has 4 rings (SSSR count). The van der Waals surface area contributed by atoms with Gasteiger partial charge in [-0.3, -0.25) is 0 Å². The van der Waals surface area contributed by atoms with E-state index >= 15 is 0 Å². The first kappa shape index (κ1) is 31.2. The zero-order chi connectivity index (χ0) is 30.8. The van der Waals surface area contributed by atoms with Gasteiger partial charge in [0.05, 0.1) is 49.8 Å². The van der Waals surface area contributed by atoms with Crippen LogP contribution in [0.25, 0.3) is 0 Å². The molecule has 4 aromatic rings. The fourth-order valence-corrected chi connectivity index (χ4v) is 4.96. The molecule has 43 heavy (non-hydrogen) atoms. The van der Waals surface area contributed by atoms with Crippen LogP contribution in [-0.2, 0) is 25.7 Å². The molecule has 0 aliphatic heterocycles. The summed E-state index contributed by atoms with van der Waals surface area (Å²) in [6.07, 6.45) is 3.03. The van der Waals surface area contributed by atoms with Crippen molar-refractivity contribution < 1.29 is 37.9 Å². The molecule has 0 N–H and O–H groups in total. The lowest BCUT2D eigenvalue weighted by molar-refractivity contribution is 0.328. The monoisotopic (exact) mass is 588 g/mol. The molecule has 8 nitrogen and oxygen atoms in total. The van der Waals surface area contributed by atoms with Crippen LogP contribution in [0.4, 0.5) is 0 Å². The van der Waals surface area contributed by atoms with Crippen molar-refractivity contribution in [2.45, 2.75) is 25.7 Å². The van der Waals surface area contributed by atoms with Gasteiger partial charge in [-0.15, -0.1) is 0 Å². The lowest BCUT2D eigenvalue weighted by atomic mass is 10.0. The van der Waals surface area contributed by atoms with E-state index in [1.54, 1.807) is 49.8 Å². The van der Waals surface area contributed by atoms with E-state index in [9.17, 15) is 0 Å². The summed E-state index contributed by atoms with van der Waals surface area (Å²) in [5.41, 5.74) is 4.28. The highest BCUT2D eigenvalue weighted by atomic mass is 16.5. The minimum absolute atomic E-state index is 0.494. The highest BCUT2D eigenvalue weighted by Crippen LogP contribution is 2.44. The van der Waals surface area contributed by atoms with Crippen molar-refractivity contribution in [1.29, 1.82) is 0 Å². The Bertz CT molecular complexity index is 1510. The molecule has 0 spiro atoms. The van der Waals surface area contributed by atoms with Crippen LogP contribution in [0.2, 0.25) is 0 Å². The number of methoxy groups -OCH3 is 7. The summed E-state index contributed by atoms with van der Waals surface area (Å²) < 4.78 is 45.6. The van der Waals surface area contributed by atoms with Crippen molar-refractivity contribution in [3.05, 3.63) is 89.0 Å². The van der Waals surface area contributed by atoms with Gasteiger partial charge in [0.1, 0.15) is 11.5 Å². The standard InChI is InChI=1S/C35H40O8/c1-36-27-10-8-9-23(17-27)13-15-26-21-32(31(40-5)22-29(26)38-3)43-34-20-25(19-33(41-6)35(34)42-7)12-11-24-14-16-28(37-2)30(18-24)39-4/h8-10,14,16-22H,11-13,15H2,1-7H3. The molecule has 0 fully saturated rings.